The zero-order valence-corrected chi connectivity index (χ0v) is 48.1. The van der Waals surface area contributed by atoms with Crippen molar-refractivity contribution in [2.24, 2.45) is 0 Å². The fraction of sp³-hybridized carbons (Fsp3) is 0. The van der Waals surface area contributed by atoms with E-state index in [9.17, 15) is 11.8 Å². The van der Waals surface area contributed by atoms with Crippen molar-refractivity contribution < 1.29 is 4.42 Å². The van der Waals surface area contributed by atoms with Crippen LogP contribution < -0.4 is 0 Å². The second kappa shape index (κ2) is 19.1. The number of benzene rings is 13. The Morgan fingerprint density at radius 1 is 0.368 bits per heavy atom. The van der Waals surface area contributed by atoms with Crippen LogP contribution in [0.1, 0.15) is 5.56 Å². The van der Waals surface area contributed by atoms with Gasteiger partial charge in [0.05, 0.1) is 55.0 Å². The van der Waals surface area contributed by atoms with Crippen LogP contribution in [0.4, 0.5) is 5.69 Å². The molecule has 0 unspecified atom stereocenters. The van der Waals surface area contributed by atoms with E-state index in [1.54, 1.807) is 22.7 Å². The van der Waals surface area contributed by atoms with Crippen LogP contribution in [0.5, 0.6) is 0 Å². The first-order valence-corrected chi connectivity index (χ1v) is 30.7. The maximum Gasteiger partial charge on any atom is 0.220 e. The molecule has 5 heterocycles. The highest BCUT2D eigenvalue weighted by atomic mass is 32.1. The lowest BCUT2D eigenvalue weighted by Crippen LogP contribution is -2.09. The van der Waals surface area contributed by atoms with Crippen LogP contribution >= 0.6 is 22.7 Å². The van der Waals surface area contributed by atoms with Crippen LogP contribution in [0.25, 0.3) is 178 Å². The van der Waals surface area contributed by atoms with E-state index in [-0.39, 0.29) is 0 Å². The van der Waals surface area contributed by atoms with Gasteiger partial charge >= 0.3 is 0 Å². The predicted octanol–water partition coefficient (Wildman–Crippen LogP) is 23.3. The van der Waals surface area contributed by atoms with E-state index in [2.05, 4.69) is 246 Å². The molecule has 0 saturated heterocycles. The van der Waals surface area contributed by atoms with Crippen molar-refractivity contribution in [2.45, 2.75) is 0 Å². The summed E-state index contributed by atoms with van der Waals surface area (Å²) in [5, 5.41) is 23.6. The highest BCUT2D eigenvalue weighted by Crippen LogP contribution is 2.56. The molecule has 18 rings (SSSR count). The van der Waals surface area contributed by atoms with Crippen molar-refractivity contribution in [3.8, 4) is 73.1 Å². The van der Waals surface area contributed by atoms with Crippen LogP contribution in [0, 0.1) is 17.9 Å². The van der Waals surface area contributed by atoms with E-state index < -0.39 is 0 Å². The number of aromatic nitrogens is 2. The zero-order valence-electron chi connectivity index (χ0n) is 46.4. The Morgan fingerprint density at radius 2 is 0.851 bits per heavy atom. The fourth-order valence-electron chi connectivity index (χ4n) is 14.1. The summed E-state index contributed by atoms with van der Waals surface area (Å²) in [5.41, 5.74) is 17.5. The third-order valence-corrected chi connectivity index (χ3v) is 20.1. The molecule has 0 saturated carbocycles. The molecule has 0 amide bonds. The summed E-state index contributed by atoms with van der Waals surface area (Å²) < 4.78 is 15.7. The Kier molecular flexibility index (Phi) is 10.8. The summed E-state index contributed by atoms with van der Waals surface area (Å²) in [6.45, 7) is 9.65. The summed E-state index contributed by atoms with van der Waals surface area (Å²) in [4.78, 5) is 4.69. The van der Waals surface area contributed by atoms with Gasteiger partial charge in [-0.25, -0.2) is 4.85 Å². The van der Waals surface area contributed by atoms with Gasteiger partial charge in [-0.1, -0.05) is 224 Å². The topological polar surface area (TPSA) is 51.1 Å². The molecule has 13 aromatic carbocycles. The number of nitrogens with zero attached hydrogens (tertiary/aromatic N) is 4. The standard InChI is InChI=1S/C80H44N4OS2/c1-82-74-70(49-24-10-4-11-25-49)63(46-81)75(71(50-26-12-5-13-27-50)78(74)83-64-32-16-14-28-55(64)56-38-36-52(45-65(56)83)51-37-43-67-62(44-51)57-29-15-17-33-66(57)85-67)84-76-58(39-41-60-72-53(47-20-6-2-7-21-47)30-18-34-68(72)86-79(60)76)59-40-42-61-73-54(48-22-8-3-9-23-48)31-19-35-69(73)87-80(61)77(59)84/h2-45H. The lowest BCUT2D eigenvalue weighted by Gasteiger charge is -2.26. The molecule has 0 aliphatic heterocycles. The summed E-state index contributed by atoms with van der Waals surface area (Å²) in [6.07, 6.45) is 0. The first-order chi connectivity index (χ1) is 43.1. The molecule has 87 heavy (non-hydrogen) atoms. The predicted molar refractivity (Wildman–Crippen MR) is 366 cm³/mol. The molecule has 0 N–H and O–H groups in total. The highest BCUT2D eigenvalue weighted by Gasteiger charge is 2.33. The molecular formula is C80H44N4OS2. The molecule has 0 fully saturated rings. The molecule has 5 nitrogen and oxygen atoms in total. The van der Waals surface area contributed by atoms with Crippen LogP contribution in [0.15, 0.2) is 271 Å². The minimum atomic E-state index is 0.388. The molecule has 0 bridgehead atoms. The van der Waals surface area contributed by atoms with Crippen LogP contribution in [-0.2, 0) is 0 Å². The summed E-state index contributed by atoms with van der Waals surface area (Å²) >= 11 is 3.61. The Balaban J connectivity index is 1.06. The SMILES string of the molecule is [C-]#[N+]c1c(-c2ccccc2)c(C#N)c(-n2c3c(ccc4c3sc3cccc(-c5ccccc5)c34)c3ccc4c(sc5cccc(-c6ccccc6)c54)c32)c(-c2ccccc2)c1-n1c2ccccc2c2ccc(-c3ccc4oc5ccccc5c4c3)cc21. The molecular weight excluding hydrogens is 1100 g/mol. The molecule has 5 aromatic heterocycles. The van der Waals surface area contributed by atoms with Crippen LogP contribution in [-0.4, -0.2) is 9.13 Å². The average Bonchev–Trinajstić information content (AvgIpc) is 1.62. The third-order valence-electron chi connectivity index (χ3n) is 17.8. The number of hydrogen-bond donors (Lipinski definition) is 0. The largest absolute Gasteiger partial charge is 0.456 e. The van der Waals surface area contributed by atoms with Gasteiger partial charge in [-0.15, -0.1) is 22.7 Å². The second-order valence-electron chi connectivity index (χ2n) is 22.3. The maximum absolute atomic E-state index is 12.6. The van der Waals surface area contributed by atoms with Gasteiger partial charge in [0.1, 0.15) is 17.2 Å². The van der Waals surface area contributed by atoms with Crippen molar-refractivity contribution >= 4 is 134 Å². The number of thiophene rings is 2. The molecule has 402 valence electrons. The van der Waals surface area contributed by atoms with E-state index in [0.717, 1.165) is 125 Å². The number of furan rings is 1. The zero-order chi connectivity index (χ0) is 57.4. The number of hydrogen-bond acceptors (Lipinski definition) is 4. The molecule has 0 radical (unpaired) electrons. The van der Waals surface area contributed by atoms with Gasteiger partial charge in [0.25, 0.3) is 0 Å². The quantitative estimate of drug-likeness (QED) is 0.149. The molecule has 7 heteroatoms. The average molecular weight is 1140 g/mol. The molecule has 0 aliphatic carbocycles. The maximum atomic E-state index is 12.6. The Morgan fingerprint density at radius 3 is 1.45 bits per heavy atom. The first-order valence-electron chi connectivity index (χ1n) is 29.1. The van der Waals surface area contributed by atoms with Gasteiger partial charge in [0.15, 0.2) is 0 Å². The molecule has 0 spiro atoms. The van der Waals surface area contributed by atoms with Crippen LogP contribution in [0.3, 0.4) is 0 Å². The second-order valence-corrected chi connectivity index (χ2v) is 24.4. The molecule has 0 atom stereocenters. The lowest BCUT2D eigenvalue weighted by atomic mass is 9.88. The minimum Gasteiger partial charge on any atom is -0.456 e. The van der Waals surface area contributed by atoms with Crippen molar-refractivity contribution in [2.75, 3.05) is 0 Å². The van der Waals surface area contributed by atoms with Crippen molar-refractivity contribution in [1.82, 2.24) is 9.13 Å². The fourth-order valence-corrected chi connectivity index (χ4v) is 16.6. The third kappa shape index (κ3) is 7.16. The smallest absolute Gasteiger partial charge is 0.220 e. The summed E-state index contributed by atoms with van der Waals surface area (Å²) in [6, 6.07) is 97.5. The Hall–Kier alpha value is -11.3. The van der Waals surface area contributed by atoms with E-state index in [0.29, 0.717) is 28.2 Å². The first kappa shape index (κ1) is 49.1. The van der Waals surface area contributed by atoms with E-state index in [1.807, 2.05) is 36.4 Å². The number of nitriles is 1. The van der Waals surface area contributed by atoms with Gasteiger partial charge in [0, 0.05) is 74.4 Å². The Labute approximate surface area is 506 Å². The number of fused-ring (bicyclic) bond motifs is 17. The van der Waals surface area contributed by atoms with E-state index >= 15 is 0 Å². The monoisotopic (exact) mass is 1140 g/mol. The molecule has 0 aliphatic rings. The summed E-state index contributed by atoms with van der Waals surface area (Å²) in [5.74, 6) is 0. The van der Waals surface area contributed by atoms with Gasteiger partial charge in [0.2, 0.25) is 5.69 Å². The molecule has 18 aromatic rings. The Bertz CT molecular complexity index is 5840. The van der Waals surface area contributed by atoms with Crippen LogP contribution in [0.2, 0.25) is 0 Å². The van der Waals surface area contributed by atoms with Crippen molar-refractivity contribution in [3.63, 3.8) is 0 Å². The van der Waals surface area contributed by atoms with E-state index in [4.69, 9.17) is 9.26 Å². The lowest BCUT2D eigenvalue weighted by molar-refractivity contribution is 0.669. The van der Waals surface area contributed by atoms with Gasteiger partial charge in [-0.05, 0) is 87.0 Å². The van der Waals surface area contributed by atoms with Crippen molar-refractivity contribution in [1.29, 1.82) is 5.26 Å². The summed E-state index contributed by atoms with van der Waals surface area (Å²) in [7, 11) is 0. The van der Waals surface area contributed by atoms with Gasteiger partial charge < -0.3 is 13.6 Å². The minimum absolute atomic E-state index is 0.388. The van der Waals surface area contributed by atoms with Gasteiger partial charge in [-0.3, -0.25) is 0 Å². The number of rotatable bonds is 7. The van der Waals surface area contributed by atoms with E-state index in [1.165, 1.54) is 31.3 Å². The normalized spacial score (nSPS) is 11.9. The van der Waals surface area contributed by atoms with Gasteiger partial charge in [-0.2, -0.15) is 5.26 Å². The number of para-hydroxylation sites is 2. The van der Waals surface area contributed by atoms with Crippen molar-refractivity contribution in [3.05, 3.63) is 284 Å². The highest BCUT2D eigenvalue weighted by molar-refractivity contribution is 7.27.